The lowest BCUT2D eigenvalue weighted by atomic mass is 10.1. The molecule has 1 saturated heterocycles. The molecule has 0 spiro atoms. The molecule has 4 heteroatoms. The van der Waals surface area contributed by atoms with Crippen molar-refractivity contribution < 1.29 is 0 Å². The van der Waals surface area contributed by atoms with E-state index in [2.05, 4.69) is 5.43 Å². The monoisotopic (exact) mass is 255 g/mol. The van der Waals surface area contributed by atoms with Crippen LogP contribution in [0.1, 0.15) is 57.8 Å². The maximum absolute atomic E-state index is 5.67. The molecule has 0 aromatic heterocycles. The van der Waals surface area contributed by atoms with Crippen LogP contribution in [-0.2, 0) is 0 Å². The van der Waals surface area contributed by atoms with Gasteiger partial charge in [-0.1, -0.05) is 32.1 Å². The summed E-state index contributed by atoms with van der Waals surface area (Å²) in [4.78, 5) is 4.90. The third-order valence-electron chi connectivity index (χ3n) is 3.78. The van der Waals surface area contributed by atoms with Gasteiger partial charge < -0.3 is 5.43 Å². The maximum atomic E-state index is 5.67. The van der Waals surface area contributed by atoms with Crippen molar-refractivity contribution in [3.8, 4) is 0 Å². The van der Waals surface area contributed by atoms with E-state index in [0.29, 0.717) is 11.3 Å². The van der Waals surface area contributed by atoms with E-state index in [-0.39, 0.29) is 0 Å². The van der Waals surface area contributed by atoms with E-state index in [0.717, 1.165) is 5.84 Å². The summed E-state index contributed by atoms with van der Waals surface area (Å²) in [7, 11) is 0. The lowest BCUT2D eigenvalue weighted by molar-refractivity contribution is 0.579. The first-order chi connectivity index (χ1) is 8.40. The number of hydrazine groups is 1. The van der Waals surface area contributed by atoms with Crippen molar-refractivity contribution >= 4 is 17.6 Å². The van der Waals surface area contributed by atoms with Gasteiger partial charge in [-0.3, -0.25) is 4.99 Å². The van der Waals surface area contributed by atoms with Gasteiger partial charge in [0.25, 0.3) is 0 Å². The molecule has 98 valence electrons. The van der Waals surface area contributed by atoms with Gasteiger partial charge in [0.2, 0.25) is 0 Å². The summed E-state index contributed by atoms with van der Waals surface area (Å²) in [5.74, 6) is 7.98. The summed E-state index contributed by atoms with van der Waals surface area (Å²) in [6.45, 7) is 0. The highest BCUT2D eigenvalue weighted by Gasteiger charge is 2.21. The van der Waals surface area contributed by atoms with E-state index in [4.69, 9.17) is 10.8 Å². The number of hydrogen-bond donors (Lipinski definition) is 2. The molecule has 1 aliphatic carbocycles. The van der Waals surface area contributed by atoms with Crippen LogP contribution >= 0.6 is 11.8 Å². The Bertz CT molecular complexity index is 241. The van der Waals surface area contributed by atoms with Gasteiger partial charge in [-0.25, -0.2) is 5.84 Å². The van der Waals surface area contributed by atoms with E-state index in [9.17, 15) is 0 Å². The fraction of sp³-hybridized carbons (Fsp3) is 0.923. The average molecular weight is 255 g/mol. The van der Waals surface area contributed by atoms with Crippen molar-refractivity contribution in [1.29, 1.82) is 0 Å². The zero-order valence-electron chi connectivity index (χ0n) is 10.7. The Morgan fingerprint density at radius 3 is 2.29 bits per heavy atom. The van der Waals surface area contributed by atoms with Gasteiger partial charge in [0.05, 0.1) is 11.3 Å². The van der Waals surface area contributed by atoms with Crippen LogP contribution in [0.4, 0.5) is 0 Å². The summed E-state index contributed by atoms with van der Waals surface area (Å²) in [5, 5.41) is 0.525. The highest BCUT2D eigenvalue weighted by Crippen LogP contribution is 2.27. The molecule has 0 aromatic carbocycles. The standard InChI is InChI=1S/C13H25N3S/c14-16-13(12-9-5-6-10-17-12)15-11-7-3-1-2-4-8-11/h11-12H,1-10,14H2,(H,15,16). The number of nitrogens with two attached hydrogens (primary N) is 1. The number of nitrogens with zero attached hydrogens (tertiary/aromatic N) is 1. The lowest BCUT2D eigenvalue weighted by Crippen LogP contribution is -2.40. The minimum atomic E-state index is 0.520. The number of aliphatic imine (C=N–C) groups is 1. The molecule has 0 radical (unpaired) electrons. The summed E-state index contributed by atoms with van der Waals surface area (Å²) in [6, 6.07) is 0.520. The third-order valence-corrected chi connectivity index (χ3v) is 5.16. The molecule has 1 aliphatic heterocycles. The Hall–Kier alpha value is -0.220. The largest absolute Gasteiger partial charge is 0.311 e. The average Bonchev–Trinajstić information content (AvgIpc) is 2.65. The van der Waals surface area contributed by atoms with E-state index in [1.807, 2.05) is 11.8 Å². The molecule has 1 heterocycles. The summed E-state index contributed by atoms with van der Waals surface area (Å²) >= 11 is 2.02. The SMILES string of the molecule is NNC(=NC1CCCCCC1)C1CCCCS1. The quantitative estimate of drug-likeness (QED) is 0.262. The number of nitrogens with one attached hydrogen (secondary N) is 1. The molecule has 1 atom stereocenters. The highest BCUT2D eigenvalue weighted by atomic mass is 32.2. The second kappa shape index (κ2) is 7.27. The minimum absolute atomic E-state index is 0.520. The summed E-state index contributed by atoms with van der Waals surface area (Å²) in [6.07, 6.45) is 11.9. The molecule has 0 aromatic rings. The van der Waals surface area contributed by atoms with Crippen molar-refractivity contribution in [2.45, 2.75) is 69.1 Å². The molecule has 0 bridgehead atoms. The van der Waals surface area contributed by atoms with Crippen molar-refractivity contribution in [3.63, 3.8) is 0 Å². The summed E-state index contributed by atoms with van der Waals surface area (Å²) in [5.41, 5.74) is 2.87. The molecular weight excluding hydrogens is 230 g/mol. The van der Waals surface area contributed by atoms with Gasteiger partial charge in [-0.15, -0.1) is 0 Å². The molecule has 0 amide bonds. The molecule has 2 aliphatic rings. The first-order valence-corrected chi connectivity index (χ1v) is 8.11. The molecular formula is C13H25N3S. The fourth-order valence-corrected chi connectivity index (χ4v) is 4.03. The van der Waals surface area contributed by atoms with Crippen molar-refractivity contribution in [2.75, 3.05) is 5.75 Å². The predicted molar refractivity (Wildman–Crippen MR) is 76.3 cm³/mol. The first kappa shape index (κ1) is 13.2. The van der Waals surface area contributed by atoms with E-state index in [1.165, 1.54) is 63.5 Å². The van der Waals surface area contributed by atoms with Crippen molar-refractivity contribution in [2.24, 2.45) is 10.8 Å². The molecule has 2 fully saturated rings. The van der Waals surface area contributed by atoms with E-state index in [1.54, 1.807) is 0 Å². The van der Waals surface area contributed by atoms with E-state index < -0.39 is 0 Å². The van der Waals surface area contributed by atoms with Gasteiger partial charge >= 0.3 is 0 Å². The van der Waals surface area contributed by atoms with Gasteiger partial charge in [-0.2, -0.15) is 11.8 Å². The van der Waals surface area contributed by atoms with Crippen molar-refractivity contribution in [1.82, 2.24) is 5.43 Å². The molecule has 17 heavy (non-hydrogen) atoms. The Morgan fingerprint density at radius 2 is 1.71 bits per heavy atom. The van der Waals surface area contributed by atoms with Crippen LogP contribution in [0.3, 0.4) is 0 Å². The second-order valence-electron chi connectivity index (χ2n) is 5.16. The zero-order valence-corrected chi connectivity index (χ0v) is 11.5. The smallest absolute Gasteiger partial charge is 0.124 e. The summed E-state index contributed by atoms with van der Waals surface area (Å²) < 4.78 is 0. The van der Waals surface area contributed by atoms with Crippen LogP contribution in [-0.4, -0.2) is 22.9 Å². The maximum Gasteiger partial charge on any atom is 0.124 e. The van der Waals surface area contributed by atoms with Crippen molar-refractivity contribution in [3.05, 3.63) is 0 Å². The number of rotatable bonds is 2. The van der Waals surface area contributed by atoms with Crippen LogP contribution in [0, 0.1) is 0 Å². The molecule has 3 N–H and O–H groups in total. The number of thioether (sulfide) groups is 1. The topological polar surface area (TPSA) is 50.4 Å². The van der Waals surface area contributed by atoms with Gasteiger partial charge in [0, 0.05) is 0 Å². The third kappa shape index (κ3) is 4.18. The van der Waals surface area contributed by atoms with Crippen LogP contribution < -0.4 is 11.3 Å². The minimum Gasteiger partial charge on any atom is -0.311 e. The number of amidine groups is 1. The Kier molecular flexibility index (Phi) is 5.65. The van der Waals surface area contributed by atoms with Crippen LogP contribution in [0.2, 0.25) is 0 Å². The van der Waals surface area contributed by atoms with Crippen LogP contribution in [0.25, 0.3) is 0 Å². The van der Waals surface area contributed by atoms with E-state index >= 15 is 0 Å². The molecule has 2 rings (SSSR count). The lowest BCUT2D eigenvalue weighted by Gasteiger charge is -2.24. The molecule has 1 unspecified atom stereocenters. The van der Waals surface area contributed by atoms with Crippen LogP contribution in [0.5, 0.6) is 0 Å². The first-order valence-electron chi connectivity index (χ1n) is 7.06. The zero-order chi connectivity index (χ0) is 11.9. The van der Waals surface area contributed by atoms with Crippen LogP contribution in [0.15, 0.2) is 4.99 Å². The van der Waals surface area contributed by atoms with Gasteiger partial charge in [-0.05, 0) is 31.4 Å². The highest BCUT2D eigenvalue weighted by molar-refractivity contribution is 8.00. The second-order valence-corrected chi connectivity index (χ2v) is 6.47. The normalized spacial score (nSPS) is 28.8. The van der Waals surface area contributed by atoms with Gasteiger partial charge in [0.15, 0.2) is 0 Å². The predicted octanol–water partition coefficient (Wildman–Crippen LogP) is 2.86. The van der Waals surface area contributed by atoms with Gasteiger partial charge in [0.1, 0.15) is 5.84 Å². The molecule has 3 nitrogen and oxygen atoms in total. The Balaban J connectivity index is 1.94. The Morgan fingerprint density at radius 1 is 1.00 bits per heavy atom. The fourth-order valence-electron chi connectivity index (χ4n) is 2.75. The molecule has 1 saturated carbocycles. The number of hydrogen-bond acceptors (Lipinski definition) is 3. The Labute approximate surface area is 109 Å².